The average molecular weight is 880 g/mol. The molecule has 0 aromatic heterocycles. The first-order valence-electron chi connectivity index (χ1n) is 24.2. The van der Waals surface area contributed by atoms with E-state index in [1.165, 1.54) is 99.8 Å². The number of hydrogen-bond acceptors (Lipinski definition) is 1. The molecular formula is C68H49N. The molecule has 69 heavy (non-hydrogen) atoms. The summed E-state index contributed by atoms with van der Waals surface area (Å²) in [6.07, 6.45) is 0. The molecule has 326 valence electrons. The summed E-state index contributed by atoms with van der Waals surface area (Å²) in [5, 5.41) is 2.50. The van der Waals surface area contributed by atoms with Gasteiger partial charge in [-0.3, -0.25) is 0 Å². The van der Waals surface area contributed by atoms with Crippen molar-refractivity contribution >= 4 is 27.8 Å². The van der Waals surface area contributed by atoms with Gasteiger partial charge in [0.15, 0.2) is 0 Å². The molecule has 11 aromatic carbocycles. The zero-order chi connectivity index (χ0) is 46.1. The molecule has 0 bridgehead atoms. The van der Waals surface area contributed by atoms with Crippen LogP contribution in [-0.4, -0.2) is 0 Å². The van der Waals surface area contributed by atoms with Gasteiger partial charge in [0, 0.05) is 22.5 Å². The molecule has 0 radical (unpaired) electrons. The largest absolute Gasteiger partial charge is 0.310 e. The minimum Gasteiger partial charge on any atom is -0.310 e. The molecule has 11 aromatic rings. The van der Waals surface area contributed by atoms with Crippen LogP contribution in [-0.2, 0) is 10.8 Å². The lowest BCUT2D eigenvalue weighted by Gasteiger charge is -2.35. The SMILES string of the molecule is CC1(C)c2ccccc2-c2c(-c3ccc(N(c4ccc(-c5ccccc5)cc4)c4ccc5c(c4)C(c4ccccc4)(c4cccc(-c6cccc7ccccc67)c4)c4ccccc4-5)cc3)cccc21. The standard InChI is InChI=1S/C68H49N/c1-67(2)62-31-13-12-28-61(62)66-58(30-17-33-64(66)67)49-36-40-54(41-37-49)69(53-38-34-47(35-39-53)46-18-5-3-6-19-46)55-42-43-60-59-27-11-14-32-63(59)68(65(60)45-55,51-23-7-4-8-24-51)52-25-15-22-50(44-52)57-29-16-21-48-20-9-10-26-56(48)57/h3-45H,1-2H3. The molecule has 2 aliphatic carbocycles. The molecule has 13 rings (SSSR count). The molecule has 0 saturated heterocycles. The third-order valence-corrected chi connectivity index (χ3v) is 15.2. The summed E-state index contributed by atoms with van der Waals surface area (Å²) in [7, 11) is 0. The second kappa shape index (κ2) is 16.1. The van der Waals surface area contributed by atoms with Crippen molar-refractivity contribution < 1.29 is 0 Å². The molecule has 2 aliphatic rings. The molecule has 0 amide bonds. The van der Waals surface area contributed by atoms with Gasteiger partial charge in [0.25, 0.3) is 0 Å². The van der Waals surface area contributed by atoms with E-state index in [1.54, 1.807) is 0 Å². The maximum absolute atomic E-state index is 2.48. The Kier molecular flexibility index (Phi) is 9.49. The summed E-state index contributed by atoms with van der Waals surface area (Å²) in [4.78, 5) is 2.44. The monoisotopic (exact) mass is 879 g/mol. The maximum Gasteiger partial charge on any atom is 0.0714 e. The van der Waals surface area contributed by atoms with Gasteiger partial charge in [0.2, 0.25) is 0 Å². The van der Waals surface area contributed by atoms with E-state index in [2.05, 4.69) is 280 Å². The van der Waals surface area contributed by atoms with Crippen molar-refractivity contribution in [2.75, 3.05) is 4.90 Å². The second-order valence-electron chi connectivity index (χ2n) is 19.2. The summed E-state index contributed by atoms with van der Waals surface area (Å²) in [6, 6.07) is 96.9. The fourth-order valence-electron chi connectivity index (χ4n) is 11.9. The Labute approximate surface area is 405 Å². The number of anilines is 3. The maximum atomic E-state index is 2.48. The predicted molar refractivity (Wildman–Crippen MR) is 290 cm³/mol. The summed E-state index contributed by atoms with van der Waals surface area (Å²) in [6.45, 7) is 4.71. The molecule has 1 nitrogen and oxygen atoms in total. The number of benzene rings is 11. The van der Waals surface area contributed by atoms with Gasteiger partial charge >= 0.3 is 0 Å². The van der Waals surface area contributed by atoms with Crippen molar-refractivity contribution in [1.29, 1.82) is 0 Å². The van der Waals surface area contributed by atoms with Gasteiger partial charge in [-0.25, -0.2) is 0 Å². The van der Waals surface area contributed by atoms with E-state index in [0.717, 1.165) is 17.1 Å². The minimum atomic E-state index is -0.603. The van der Waals surface area contributed by atoms with Gasteiger partial charge in [-0.1, -0.05) is 232 Å². The molecule has 0 saturated carbocycles. The fraction of sp³-hybridized carbons (Fsp3) is 0.0588. The lowest BCUT2D eigenvalue weighted by atomic mass is 9.67. The van der Waals surface area contributed by atoms with Crippen molar-refractivity contribution in [2.24, 2.45) is 0 Å². The van der Waals surface area contributed by atoms with E-state index in [0.29, 0.717) is 0 Å². The van der Waals surface area contributed by atoms with E-state index in [9.17, 15) is 0 Å². The van der Waals surface area contributed by atoms with Crippen LogP contribution in [0.2, 0.25) is 0 Å². The number of hydrogen-bond donors (Lipinski definition) is 0. The van der Waals surface area contributed by atoms with Crippen molar-refractivity contribution in [3.8, 4) is 55.6 Å². The Bertz CT molecular complexity index is 3730. The van der Waals surface area contributed by atoms with E-state index in [-0.39, 0.29) is 5.41 Å². The van der Waals surface area contributed by atoms with Crippen molar-refractivity contribution in [3.05, 3.63) is 294 Å². The van der Waals surface area contributed by atoms with E-state index < -0.39 is 5.41 Å². The van der Waals surface area contributed by atoms with Crippen LogP contribution < -0.4 is 4.90 Å². The summed E-state index contributed by atoms with van der Waals surface area (Å²) in [5.74, 6) is 0. The van der Waals surface area contributed by atoms with Crippen LogP contribution >= 0.6 is 0 Å². The van der Waals surface area contributed by atoms with Gasteiger partial charge in [-0.2, -0.15) is 0 Å². The number of fused-ring (bicyclic) bond motifs is 7. The number of rotatable bonds is 8. The first-order valence-corrected chi connectivity index (χ1v) is 24.2. The molecule has 1 unspecified atom stereocenters. The Morgan fingerprint density at radius 2 is 0.797 bits per heavy atom. The molecule has 0 N–H and O–H groups in total. The minimum absolute atomic E-state index is 0.0654. The van der Waals surface area contributed by atoms with Crippen LogP contribution in [0.3, 0.4) is 0 Å². The highest BCUT2D eigenvalue weighted by atomic mass is 15.1. The molecule has 1 heteroatoms. The van der Waals surface area contributed by atoms with Gasteiger partial charge in [0.1, 0.15) is 0 Å². The third-order valence-electron chi connectivity index (χ3n) is 15.2. The second-order valence-corrected chi connectivity index (χ2v) is 19.2. The Hall–Kier alpha value is -8.52. The van der Waals surface area contributed by atoms with Gasteiger partial charge < -0.3 is 4.90 Å². The molecule has 0 heterocycles. The Morgan fingerprint density at radius 3 is 1.58 bits per heavy atom. The molecule has 1 atom stereocenters. The van der Waals surface area contributed by atoms with Gasteiger partial charge in [-0.05, 0) is 142 Å². The van der Waals surface area contributed by atoms with Gasteiger partial charge in [-0.15, -0.1) is 0 Å². The third kappa shape index (κ3) is 6.38. The summed E-state index contributed by atoms with van der Waals surface area (Å²) in [5.41, 5.74) is 23.0. The van der Waals surface area contributed by atoms with E-state index >= 15 is 0 Å². The van der Waals surface area contributed by atoms with Crippen molar-refractivity contribution in [1.82, 2.24) is 0 Å². The molecule has 0 fully saturated rings. The van der Waals surface area contributed by atoms with Gasteiger partial charge in [0.05, 0.1) is 5.41 Å². The van der Waals surface area contributed by atoms with Crippen LogP contribution in [0, 0.1) is 0 Å². The van der Waals surface area contributed by atoms with Crippen molar-refractivity contribution in [2.45, 2.75) is 24.7 Å². The fourth-order valence-corrected chi connectivity index (χ4v) is 11.9. The summed E-state index contributed by atoms with van der Waals surface area (Å²) >= 11 is 0. The molecule has 0 spiro atoms. The highest BCUT2D eigenvalue weighted by molar-refractivity contribution is 5.98. The van der Waals surface area contributed by atoms with E-state index in [1.807, 2.05) is 0 Å². The summed E-state index contributed by atoms with van der Waals surface area (Å²) < 4.78 is 0. The normalized spacial score (nSPS) is 15.0. The quantitative estimate of drug-likeness (QED) is 0.147. The Balaban J connectivity index is 1.01. The lowest BCUT2D eigenvalue weighted by molar-refractivity contribution is 0.660. The van der Waals surface area contributed by atoms with Crippen LogP contribution in [0.5, 0.6) is 0 Å². The topological polar surface area (TPSA) is 3.24 Å². The van der Waals surface area contributed by atoms with Crippen molar-refractivity contribution in [3.63, 3.8) is 0 Å². The predicted octanol–water partition coefficient (Wildman–Crippen LogP) is 18.0. The van der Waals surface area contributed by atoms with Crippen LogP contribution in [0.1, 0.15) is 47.2 Å². The van der Waals surface area contributed by atoms with Crippen LogP contribution in [0.15, 0.2) is 261 Å². The molecular weight excluding hydrogens is 831 g/mol. The lowest BCUT2D eigenvalue weighted by Crippen LogP contribution is -2.29. The van der Waals surface area contributed by atoms with Crippen LogP contribution in [0.25, 0.3) is 66.4 Å². The Morgan fingerprint density at radius 1 is 0.290 bits per heavy atom. The zero-order valence-corrected chi connectivity index (χ0v) is 38.8. The molecule has 0 aliphatic heterocycles. The highest BCUT2D eigenvalue weighted by Gasteiger charge is 2.46. The average Bonchev–Trinajstić information content (AvgIpc) is 3.85. The highest BCUT2D eigenvalue weighted by Crippen LogP contribution is 2.58. The van der Waals surface area contributed by atoms with E-state index in [4.69, 9.17) is 0 Å². The number of nitrogens with zero attached hydrogens (tertiary/aromatic N) is 1. The first-order chi connectivity index (χ1) is 34.0. The zero-order valence-electron chi connectivity index (χ0n) is 38.8. The first kappa shape index (κ1) is 40.7. The smallest absolute Gasteiger partial charge is 0.0714 e. The van der Waals surface area contributed by atoms with Crippen LogP contribution in [0.4, 0.5) is 17.1 Å².